The van der Waals surface area contributed by atoms with Crippen molar-refractivity contribution in [3.63, 3.8) is 0 Å². The summed E-state index contributed by atoms with van der Waals surface area (Å²) in [6, 6.07) is 72.2. The molecule has 9 aromatic carbocycles. The van der Waals surface area contributed by atoms with Crippen molar-refractivity contribution in [1.82, 2.24) is 0 Å². The Kier molecular flexibility index (Phi) is 8.46. The van der Waals surface area contributed by atoms with Crippen molar-refractivity contribution < 1.29 is 0 Å². The minimum Gasteiger partial charge on any atom is -0.309 e. The fourth-order valence-corrected chi connectivity index (χ4v) is 9.33. The summed E-state index contributed by atoms with van der Waals surface area (Å²) >= 11 is 0. The van der Waals surface area contributed by atoms with E-state index < -0.39 is 0 Å². The zero-order valence-electron chi connectivity index (χ0n) is 33.9. The molecule has 0 fully saturated rings. The van der Waals surface area contributed by atoms with E-state index in [0.29, 0.717) is 0 Å². The van der Waals surface area contributed by atoms with E-state index in [1.54, 1.807) is 0 Å². The fourth-order valence-electron chi connectivity index (χ4n) is 9.33. The van der Waals surface area contributed by atoms with Crippen LogP contribution in [-0.2, 0) is 10.8 Å². The minimum absolute atomic E-state index is 0.0888. The minimum atomic E-state index is -0.152. The van der Waals surface area contributed by atoms with Gasteiger partial charge in [-0.05, 0) is 107 Å². The fraction of sp³-hybridized carbons (Fsp3) is 0.123. The lowest BCUT2D eigenvalue weighted by atomic mass is 9.82. The lowest BCUT2D eigenvalue weighted by molar-refractivity contribution is 0.590. The molecule has 0 saturated heterocycles. The van der Waals surface area contributed by atoms with Crippen LogP contribution in [-0.4, -0.2) is 0 Å². The van der Waals surface area contributed by atoms with Gasteiger partial charge >= 0.3 is 0 Å². The lowest BCUT2D eigenvalue weighted by Gasteiger charge is -2.32. The van der Waals surface area contributed by atoms with Crippen molar-refractivity contribution in [2.75, 3.05) is 4.90 Å². The van der Waals surface area contributed by atoms with Gasteiger partial charge in [0.25, 0.3) is 0 Å². The van der Waals surface area contributed by atoms with Crippen molar-refractivity contribution in [2.24, 2.45) is 0 Å². The number of benzene rings is 9. The van der Waals surface area contributed by atoms with Gasteiger partial charge in [0.1, 0.15) is 0 Å². The summed E-state index contributed by atoms with van der Waals surface area (Å²) in [5.74, 6) is 0. The summed E-state index contributed by atoms with van der Waals surface area (Å²) < 4.78 is 0. The normalized spacial score (nSPS) is 13.1. The number of rotatable bonds is 6. The van der Waals surface area contributed by atoms with E-state index in [1.807, 2.05) is 0 Å². The van der Waals surface area contributed by atoms with E-state index in [0.717, 1.165) is 17.1 Å². The van der Waals surface area contributed by atoms with Gasteiger partial charge in [-0.25, -0.2) is 0 Å². The van der Waals surface area contributed by atoms with Crippen LogP contribution in [0.4, 0.5) is 17.1 Å². The van der Waals surface area contributed by atoms with E-state index in [-0.39, 0.29) is 10.8 Å². The predicted molar refractivity (Wildman–Crippen MR) is 249 cm³/mol. The predicted octanol–water partition coefficient (Wildman–Crippen LogP) is 16.1. The second-order valence-corrected chi connectivity index (χ2v) is 17.4. The molecular weight excluding hydrogens is 699 g/mol. The van der Waals surface area contributed by atoms with Gasteiger partial charge in [-0.3, -0.25) is 0 Å². The zero-order chi connectivity index (χ0) is 39.6. The molecule has 0 spiro atoms. The smallest absolute Gasteiger partial charge is 0.0546 e. The zero-order valence-corrected chi connectivity index (χ0v) is 33.9. The number of hydrogen-bond donors (Lipinski definition) is 0. The molecule has 0 aliphatic heterocycles. The molecule has 0 radical (unpaired) electrons. The first-order chi connectivity index (χ1) is 28.2. The molecule has 0 unspecified atom stereocenters. The SMILES string of the molecule is CC(C)(C)c1ccc(-c2ccc(N(c3ccc4c(c3)C(C)(C)c3ccccc3-4)c3ccc4ccccc4c3-c3cccc4ccccc34)c(-c3ccccc3)c2)cc1. The van der Waals surface area contributed by atoms with Gasteiger partial charge in [-0.1, -0.05) is 198 Å². The lowest BCUT2D eigenvalue weighted by Crippen LogP contribution is -2.17. The Morgan fingerprint density at radius 2 is 1.00 bits per heavy atom. The van der Waals surface area contributed by atoms with E-state index >= 15 is 0 Å². The maximum atomic E-state index is 2.54. The van der Waals surface area contributed by atoms with Crippen LogP contribution < -0.4 is 4.90 Å². The molecule has 1 aliphatic carbocycles. The molecule has 10 rings (SSSR count). The third-order valence-electron chi connectivity index (χ3n) is 12.4. The highest BCUT2D eigenvalue weighted by atomic mass is 15.1. The number of anilines is 3. The van der Waals surface area contributed by atoms with Crippen LogP contribution >= 0.6 is 0 Å². The molecule has 58 heavy (non-hydrogen) atoms. The van der Waals surface area contributed by atoms with Crippen LogP contribution in [0.1, 0.15) is 51.3 Å². The Morgan fingerprint density at radius 3 is 1.78 bits per heavy atom. The number of hydrogen-bond acceptors (Lipinski definition) is 1. The molecule has 1 aliphatic rings. The highest BCUT2D eigenvalue weighted by Gasteiger charge is 2.36. The maximum Gasteiger partial charge on any atom is 0.0546 e. The quantitative estimate of drug-likeness (QED) is 0.164. The van der Waals surface area contributed by atoms with E-state index in [4.69, 9.17) is 0 Å². The number of fused-ring (bicyclic) bond motifs is 5. The molecule has 0 saturated carbocycles. The Morgan fingerprint density at radius 1 is 0.397 bits per heavy atom. The summed E-state index contributed by atoms with van der Waals surface area (Å²) in [5, 5.41) is 4.92. The molecular formula is C57H47N. The second kappa shape index (κ2) is 13.7. The van der Waals surface area contributed by atoms with Crippen molar-refractivity contribution >= 4 is 38.6 Å². The summed E-state index contributed by atoms with van der Waals surface area (Å²) in [6.45, 7) is 11.6. The average Bonchev–Trinajstić information content (AvgIpc) is 3.49. The van der Waals surface area contributed by atoms with Crippen LogP contribution in [0, 0.1) is 0 Å². The maximum absolute atomic E-state index is 2.54. The van der Waals surface area contributed by atoms with Crippen LogP contribution in [0.15, 0.2) is 194 Å². The third-order valence-corrected chi connectivity index (χ3v) is 12.4. The second-order valence-electron chi connectivity index (χ2n) is 17.4. The van der Waals surface area contributed by atoms with E-state index in [2.05, 4.69) is 234 Å². The highest BCUT2D eigenvalue weighted by Crippen LogP contribution is 2.53. The third kappa shape index (κ3) is 5.93. The van der Waals surface area contributed by atoms with Gasteiger partial charge < -0.3 is 4.90 Å². The van der Waals surface area contributed by atoms with Gasteiger partial charge in [0.2, 0.25) is 0 Å². The molecule has 0 bridgehead atoms. The van der Waals surface area contributed by atoms with Gasteiger partial charge in [-0.15, -0.1) is 0 Å². The van der Waals surface area contributed by atoms with E-state index in [9.17, 15) is 0 Å². The van der Waals surface area contributed by atoms with Crippen LogP contribution in [0.3, 0.4) is 0 Å². The average molecular weight is 746 g/mol. The number of nitrogens with zero attached hydrogens (tertiary/aromatic N) is 1. The first-order valence-electron chi connectivity index (χ1n) is 20.5. The first kappa shape index (κ1) is 35.7. The summed E-state index contributed by atoms with van der Waals surface area (Å²) in [4.78, 5) is 2.54. The van der Waals surface area contributed by atoms with Crippen LogP contribution in [0.25, 0.3) is 66.1 Å². The van der Waals surface area contributed by atoms with Crippen molar-refractivity contribution in [3.8, 4) is 44.5 Å². The molecule has 280 valence electrons. The van der Waals surface area contributed by atoms with Gasteiger partial charge in [-0.2, -0.15) is 0 Å². The van der Waals surface area contributed by atoms with Crippen molar-refractivity contribution in [1.29, 1.82) is 0 Å². The van der Waals surface area contributed by atoms with E-state index in [1.165, 1.54) is 82.7 Å². The topological polar surface area (TPSA) is 3.24 Å². The molecule has 9 aromatic rings. The summed E-state index contributed by atoms with van der Waals surface area (Å²) in [7, 11) is 0. The van der Waals surface area contributed by atoms with Crippen LogP contribution in [0.5, 0.6) is 0 Å². The molecule has 0 N–H and O–H groups in total. The van der Waals surface area contributed by atoms with Gasteiger partial charge in [0, 0.05) is 22.2 Å². The Balaban J connectivity index is 1.28. The van der Waals surface area contributed by atoms with Gasteiger partial charge in [0.05, 0.1) is 11.4 Å². The largest absolute Gasteiger partial charge is 0.309 e. The molecule has 0 atom stereocenters. The molecule has 0 amide bonds. The van der Waals surface area contributed by atoms with Crippen molar-refractivity contribution in [3.05, 3.63) is 211 Å². The monoisotopic (exact) mass is 745 g/mol. The Hall–Kier alpha value is -6.70. The molecule has 1 heteroatoms. The highest BCUT2D eigenvalue weighted by molar-refractivity contribution is 6.12. The Bertz CT molecular complexity index is 2990. The molecule has 0 aromatic heterocycles. The first-order valence-corrected chi connectivity index (χ1v) is 20.5. The van der Waals surface area contributed by atoms with Gasteiger partial charge in [0.15, 0.2) is 0 Å². The standard InChI is InChI=1S/C57H47N/c1-56(2,3)43-30-26-38(27-31-43)42-29-34-53(50(36-42)40-16-7-6-8-17-40)58(44-32-33-48-47-23-13-14-25-51(47)57(4,5)52(48)37-44)54-35-28-41-19-10-12-22-46(41)55(54)49-24-15-20-39-18-9-11-21-45(39)49/h6-37H,1-5H3. The molecule has 1 nitrogen and oxygen atoms in total. The van der Waals surface area contributed by atoms with Crippen LogP contribution in [0.2, 0.25) is 0 Å². The molecule has 0 heterocycles. The summed E-state index contributed by atoms with van der Waals surface area (Å²) in [6.07, 6.45) is 0. The Labute approximate surface area is 342 Å². The van der Waals surface area contributed by atoms with Crippen molar-refractivity contribution in [2.45, 2.75) is 45.4 Å². The summed E-state index contributed by atoms with van der Waals surface area (Å²) in [5.41, 5.74) is 17.3.